The van der Waals surface area contributed by atoms with Gasteiger partial charge in [-0.3, -0.25) is 0 Å². The molecule has 0 saturated carbocycles. The fourth-order valence-corrected chi connectivity index (χ4v) is 0.136. The van der Waals surface area contributed by atoms with Crippen molar-refractivity contribution in [3.05, 3.63) is 0 Å². The minimum atomic E-state index is 0. The van der Waals surface area contributed by atoms with Crippen LogP contribution >= 0.6 is 24.8 Å². The van der Waals surface area contributed by atoms with Crippen molar-refractivity contribution in [3.63, 3.8) is 0 Å². The molecule has 0 unspecified atom stereocenters. The van der Waals surface area contributed by atoms with E-state index in [0.29, 0.717) is 0 Å². The molecule has 0 amide bonds. The number of hydrogen-bond acceptors (Lipinski definition) is 0. The molecular weight excluding hydrogens is 127 g/mol. The van der Waals surface area contributed by atoms with Crippen LogP contribution in [0.2, 0.25) is 6.32 Å². The van der Waals surface area contributed by atoms with E-state index in [0.717, 1.165) is 6.32 Å². The first kappa shape index (κ1) is 15.7. The van der Waals surface area contributed by atoms with Crippen molar-refractivity contribution >= 4 is 46.8 Å². The molecule has 0 nitrogen and oxygen atoms in total. The van der Waals surface area contributed by atoms with E-state index in [1.165, 1.54) is 0 Å². The quantitative estimate of drug-likeness (QED) is 0.487. The van der Waals surface area contributed by atoms with Crippen molar-refractivity contribution in [1.29, 1.82) is 0 Å². The zero-order valence-corrected chi connectivity index (χ0v) is 5.89. The molecule has 0 saturated heterocycles. The molecule has 0 aromatic carbocycles. The molecule has 0 atom stereocenters. The van der Waals surface area contributed by atoms with Crippen LogP contribution in [0.3, 0.4) is 0 Å². The Kier molecular flexibility index (Phi) is 35.5. The average Bonchev–Trinajstić information content (AvgIpc) is 1.41. The van der Waals surface area contributed by atoms with Gasteiger partial charge in [-0.15, -0.1) is 24.8 Å². The van der Waals surface area contributed by atoms with Crippen LogP contribution in [0.4, 0.5) is 0 Å². The Labute approximate surface area is 60.5 Å². The third kappa shape index (κ3) is 20.1. The van der Waals surface area contributed by atoms with Gasteiger partial charge in [-0.2, -0.15) is 0 Å². The van der Waals surface area contributed by atoms with Crippen molar-refractivity contribution in [1.82, 2.24) is 0 Å². The number of rotatable bonds is 2. The van der Waals surface area contributed by atoms with Gasteiger partial charge in [-0.1, -0.05) is 13.2 Å². The molecule has 0 N–H and O–H groups in total. The fraction of sp³-hybridized carbons (Fsp3) is 1.00. The smallest absolute Gasteiger partial charge is 0.0541 e. The van der Waals surface area contributed by atoms with Crippen LogP contribution in [-0.4, -0.2) is 22.0 Å². The molecule has 38 valence electrons. The maximum Gasteiger partial charge on any atom is 0.0541 e. The Balaban J connectivity index is -0.0000000800. The molecule has 7 heavy (non-hydrogen) atoms. The maximum atomic E-state index is 4.96. The molecule has 0 aliphatic rings. The summed E-state index contributed by atoms with van der Waals surface area (Å²) in [6.07, 6.45) is 1.04. The van der Waals surface area contributed by atoms with Crippen LogP contribution < -0.4 is 0 Å². The molecule has 5 heteroatoms. The summed E-state index contributed by atoms with van der Waals surface area (Å²) in [6.45, 7) is 2.04. The summed E-state index contributed by atoms with van der Waals surface area (Å²) in [7, 11) is 8.42. The SMILES string of the molecule is Cl.Cl.[B][B][B]CC. The van der Waals surface area contributed by atoms with E-state index >= 15 is 0 Å². The molecule has 0 rings (SSSR count). The summed E-state index contributed by atoms with van der Waals surface area (Å²) in [5, 5.41) is 0. The van der Waals surface area contributed by atoms with Crippen molar-refractivity contribution in [2.24, 2.45) is 0 Å². The molecule has 0 spiro atoms. The molecule has 0 aliphatic heterocycles. The Morgan fingerprint density at radius 3 is 1.86 bits per heavy atom. The van der Waals surface area contributed by atoms with Gasteiger partial charge in [0.15, 0.2) is 0 Å². The van der Waals surface area contributed by atoms with Gasteiger partial charge in [-0.05, 0) is 0 Å². The molecule has 0 aliphatic carbocycles. The first-order chi connectivity index (χ1) is 2.41. The average molecular weight is 134 g/mol. The van der Waals surface area contributed by atoms with Gasteiger partial charge in [0, 0.05) is 14.8 Å². The lowest BCUT2D eigenvalue weighted by Gasteiger charge is -1.74. The van der Waals surface area contributed by atoms with Gasteiger partial charge in [0.25, 0.3) is 0 Å². The van der Waals surface area contributed by atoms with E-state index in [2.05, 4.69) is 0 Å². The molecule has 0 heterocycles. The Bertz CT molecular complexity index is 18.4. The first-order valence-corrected chi connectivity index (χ1v) is 1.78. The van der Waals surface area contributed by atoms with E-state index in [9.17, 15) is 0 Å². The van der Waals surface area contributed by atoms with E-state index in [-0.39, 0.29) is 24.8 Å². The number of halogens is 2. The Morgan fingerprint density at radius 2 is 1.86 bits per heavy atom. The normalized spacial score (nSPS) is 4.71. The van der Waals surface area contributed by atoms with Crippen LogP contribution in [0.15, 0.2) is 0 Å². The highest BCUT2D eigenvalue weighted by atomic mass is 35.5. The van der Waals surface area contributed by atoms with Gasteiger partial charge in [0.1, 0.15) is 0 Å². The largest absolute Gasteiger partial charge is 0.147 e. The highest BCUT2D eigenvalue weighted by molar-refractivity contribution is 7.23. The number of hydrogen-bond donors (Lipinski definition) is 0. The van der Waals surface area contributed by atoms with Gasteiger partial charge >= 0.3 is 0 Å². The summed E-state index contributed by atoms with van der Waals surface area (Å²) in [5.74, 6) is 0. The minimum Gasteiger partial charge on any atom is -0.147 e. The second-order valence-electron chi connectivity index (χ2n) is 0.836. The predicted octanol–water partition coefficient (Wildman–Crippen LogP) is 0.675. The Morgan fingerprint density at radius 1 is 1.43 bits per heavy atom. The Hall–Kier alpha value is 0.775. The predicted molar refractivity (Wildman–Crippen MR) is 42.2 cm³/mol. The van der Waals surface area contributed by atoms with E-state index in [1.54, 1.807) is 7.06 Å². The lowest BCUT2D eigenvalue weighted by atomic mass is 9.27. The highest BCUT2D eigenvalue weighted by Gasteiger charge is 1.73. The maximum absolute atomic E-state index is 4.96. The van der Waals surface area contributed by atoms with Crippen molar-refractivity contribution in [2.75, 3.05) is 0 Å². The lowest BCUT2D eigenvalue weighted by Crippen LogP contribution is -1.98. The summed E-state index contributed by atoms with van der Waals surface area (Å²) in [5.41, 5.74) is 0. The molecule has 0 aromatic heterocycles. The summed E-state index contributed by atoms with van der Waals surface area (Å²) < 4.78 is 0. The zero-order chi connectivity index (χ0) is 4.12. The standard InChI is InChI=1S/C2H5B3.2ClH/c1-2-4-5-3;;/h2H2,1H3;2*1H. The van der Waals surface area contributed by atoms with E-state index in [1.807, 2.05) is 14.1 Å². The van der Waals surface area contributed by atoms with Gasteiger partial charge < -0.3 is 0 Å². The summed E-state index contributed by atoms with van der Waals surface area (Å²) in [4.78, 5) is 0. The second kappa shape index (κ2) is 15.9. The van der Waals surface area contributed by atoms with Crippen LogP contribution in [0.1, 0.15) is 6.92 Å². The van der Waals surface area contributed by atoms with Crippen LogP contribution in [0.5, 0.6) is 0 Å². The van der Waals surface area contributed by atoms with Gasteiger partial charge in [0.2, 0.25) is 0 Å². The van der Waals surface area contributed by atoms with E-state index in [4.69, 9.17) is 7.74 Å². The van der Waals surface area contributed by atoms with Crippen molar-refractivity contribution < 1.29 is 0 Å². The molecule has 0 aromatic rings. The third-order valence-corrected chi connectivity index (χ3v) is 0.372. The molecular formula is C2H7B3Cl2. The topological polar surface area (TPSA) is 0 Å². The zero-order valence-electron chi connectivity index (χ0n) is 4.26. The lowest BCUT2D eigenvalue weighted by molar-refractivity contribution is 1.47. The minimum absolute atomic E-state index is 0. The van der Waals surface area contributed by atoms with Crippen LogP contribution in [0.25, 0.3) is 0 Å². The highest BCUT2D eigenvalue weighted by Crippen LogP contribution is 1.63. The van der Waals surface area contributed by atoms with Crippen LogP contribution in [0, 0.1) is 0 Å². The second-order valence-corrected chi connectivity index (χ2v) is 0.836. The molecule has 0 fully saturated rings. The first-order valence-electron chi connectivity index (χ1n) is 1.78. The van der Waals surface area contributed by atoms with E-state index < -0.39 is 0 Å². The van der Waals surface area contributed by atoms with Crippen LogP contribution in [-0.2, 0) is 0 Å². The van der Waals surface area contributed by atoms with Crippen molar-refractivity contribution in [2.45, 2.75) is 13.2 Å². The monoisotopic (exact) mass is 134 g/mol. The third-order valence-electron chi connectivity index (χ3n) is 0.372. The molecule has 0 bridgehead atoms. The van der Waals surface area contributed by atoms with Gasteiger partial charge in [-0.25, -0.2) is 0 Å². The van der Waals surface area contributed by atoms with Gasteiger partial charge in [0.05, 0.1) is 7.17 Å². The summed E-state index contributed by atoms with van der Waals surface area (Å²) >= 11 is 0. The van der Waals surface area contributed by atoms with Crippen molar-refractivity contribution in [3.8, 4) is 0 Å². The fourth-order valence-electron chi connectivity index (χ4n) is 0.136. The molecule has 4 radical (unpaired) electrons. The summed E-state index contributed by atoms with van der Waals surface area (Å²) in [6, 6.07) is 0.